The Bertz CT molecular complexity index is 142. The molecule has 0 aliphatic carbocycles. The average molecular weight is 196 g/mol. The molecule has 0 radical (unpaired) electrons. The molecule has 0 rings (SSSR count). The molecule has 0 bridgehead atoms. The van der Waals surface area contributed by atoms with Crippen LogP contribution < -0.4 is 5.73 Å². The molecule has 3 nitrogen and oxygen atoms in total. The van der Waals surface area contributed by atoms with Crippen LogP contribution in [0.1, 0.15) is 6.92 Å². The van der Waals surface area contributed by atoms with E-state index in [0.717, 1.165) is 0 Å². The van der Waals surface area contributed by atoms with Crippen LogP contribution in [0.4, 0.5) is 8.78 Å². The predicted octanol–water partition coefficient (Wildman–Crippen LogP) is 0.547. The van der Waals surface area contributed by atoms with Crippen LogP contribution >= 0.6 is 0 Å². The van der Waals surface area contributed by atoms with Gasteiger partial charge in [0.2, 0.25) is 0 Å². The summed E-state index contributed by atoms with van der Waals surface area (Å²) < 4.78 is 30.1. The molecular formula is C8H18F2N2O. The van der Waals surface area contributed by atoms with Gasteiger partial charge >= 0.3 is 0 Å². The van der Waals surface area contributed by atoms with Crippen molar-refractivity contribution >= 4 is 0 Å². The van der Waals surface area contributed by atoms with Crippen molar-refractivity contribution in [1.82, 2.24) is 4.90 Å². The average Bonchev–Trinajstić information content (AvgIpc) is 2.00. The van der Waals surface area contributed by atoms with Crippen molar-refractivity contribution in [2.75, 3.05) is 33.8 Å². The number of nitrogens with zero attached hydrogens (tertiary/aromatic N) is 1. The predicted molar refractivity (Wildman–Crippen MR) is 48.0 cm³/mol. The Labute approximate surface area is 77.8 Å². The topological polar surface area (TPSA) is 38.5 Å². The second kappa shape index (κ2) is 5.47. The van der Waals surface area contributed by atoms with Crippen molar-refractivity contribution in [2.24, 2.45) is 5.73 Å². The van der Waals surface area contributed by atoms with Crippen LogP contribution in [0.5, 0.6) is 0 Å². The molecule has 0 aliphatic heterocycles. The minimum atomic E-state index is -2.90. The third kappa shape index (κ3) is 6.86. The molecule has 5 heteroatoms. The zero-order valence-corrected chi connectivity index (χ0v) is 8.39. The molecule has 0 spiro atoms. The molecule has 0 saturated carbocycles. The SMILES string of the molecule is CC(CN(C)C)OCC(F)(F)CN. The number of ether oxygens (including phenoxy) is 1. The standard InChI is InChI=1S/C8H18F2N2O/c1-7(4-12(2)3)13-6-8(9,10)5-11/h7H,4-6,11H2,1-3H3. The molecule has 0 fully saturated rings. The summed E-state index contributed by atoms with van der Waals surface area (Å²) in [6, 6.07) is 0. The van der Waals surface area contributed by atoms with Crippen molar-refractivity contribution in [1.29, 1.82) is 0 Å². The molecular weight excluding hydrogens is 178 g/mol. The molecule has 1 atom stereocenters. The molecule has 0 saturated heterocycles. The highest BCUT2D eigenvalue weighted by molar-refractivity contribution is 4.66. The Kier molecular flexibility index (Phi) is 5.36. The van der Waals surface area contributed by atoms with Crippen molar-refractivity contribution in [2.45, 2.75) is 19.0 Å². The molecule has 0 aromatic rings. The van der Waals surface area contributed by atoms with Crippen molar-refractivity contribution in [3.05, 3.63) is 0 Å². The van der Waals surface area contributed by atoms with Crippen LogP contribution in [-0.4, -0.2) is 50.7 Å². The smallest absolute Gasteiger partial charge is 0.282 e. The fourth-order valence-electron chi connectivity index (χ4n) is 0.890. The lowest BCUT2D eigenvalue weighted by molar-refractivity contribution is -0.0920. The minimum absolute atomic E-state index is 0.201. The number of alkyl halides is 2. The lowest BCUT2D eigenvalue weighted by Gasteiger charge is -2.20. The van der Waals surface area contributed by atoms with Crippen LogP contribution in [0.25, 0.3) is 0 Å². The number of halogens is 2. The highest BCUT2D eigenvalue weighted by Crippen LogP contribution is 2.12. The monoisotopic (exact) mass is 196 g/mol. The van der Waals surface area contributed by atoms with E-state index in [1.807, 2.05) is 19.0 Å². The Hall–Kier alpha value is -0.260. The Balaban J connectivity index is 3.63. The van der Waals surface area contributed by atoms with Gasteiger partial charge in [0, 0.05) is 6.54 Å². The summed E-state index contributed by atoms with van der Waals surface area (Å²) >= 11 is 0. The van der Waals surface area contributed by atoms with Gasteiger partial charge < -0.3 is 15.4 Å². The highest BCUT2D eigenvalue weighted by atomic mass is 19.3. The summed E-state index contributed by atoms with van der Waals surface area (Å²) in [5.41, 5.74) is 4.85. The minimum Gasteiger partial charge on any atom is -0.371 e. The molecule has 0 aromatic carbocycles. The Morgan fingerprint density at radius 3 is 2.38 bits per heavy atom. The van der Waals surface area contributed by atoms with Gasteiger partial charge in [0.25, 0.3) is 5.92 Å². The first-order chi connectivity index (χ1) is 5.87. The zero-order chi connectivity index (χ0) is 10.5. The van der Waals surface area contributed by atoms with Gasteiger partial charge in [-0.25, -0.2) is 8.78 Å². The van der Waals surface area contributed by atoms with E-state index in [2.05, 4.69) is 0 Å². The van der Waals surface area contributed by atoms with Gasteiger partial charge in [-0.2, -0.15) is 0 Å². The second-order valence-corrected chi connectivity index (χ2v) is 3.44. The summed E-state index contributed by atoms with van der Waals surface area (Å²) in [4.78, 5) is 1.88. The summed E-state index contributed by atoms with van der Waals surface area (Å²) in [7, 11) is 3.72. The van der Waals surface area contributed by atoms with Gasteiger partial charge in [0.05, 0.1) is 12.6 Å². The van der Waals surface area contributed by atoms with Crippen LogP contribution in [0, 0.1) is 0 Å². The van der Waals surface area contributed by atoms with Gasteiger partial charge in [-0.1, -0.05) is 0 Å². The van der Waals surface area contributed by atoms with Crippen LogP contribution in [0.15, 0.2) is 0 Å². The first-order valence-electron chi connectivity index (χ1n) is 4.21. The van der Waals surface area contributed by atoms with E-state index in [0.29, 0.717) is 6.54 Å². The van der Waals surface area contributed by atoms with Crippen molar-refractivity contribution in [3.63, 3.8) is 0 Å². The van der Waals surface area contributed by atoms with E-state index in [4.69, 9.17) is 10.5 Å². The summed E-state index contributed by atoms with van der Waals surface area (Å²) in [6.45, 7) is 1.12. The van der Waals surface area contributed by atoms with Gasteiger partial charge in [-0.05, 0) is 21.0 Å². The van der Waals surface area contributed by atoms with Crippen molar-refractivity contribution < 1.29 is 13.5 Å². The first-order valence-corrected chi connectivity index (χ1v) is 4.21. The van der Waals surface area contributed by atoms with E-state index in [1.54, 1.807) is 6.92 Å². The molecule has 0 aliphatic rings. The number of hydrogen-bond acceptors (Lipinski definition) is 3. The molecule has 0 heterocycles. The number of likely N-dealkylation sites (N-methyl/N-ethyl adjacent to an activating group) is 1. The fourth-order valence-corrected chi connectivity index (χ4v) is 0.890. The maximum atomic E-state index is 12.6. The van der Waals surface area contributed by atoms with E-state index in [1.165, 1.54) is 0 Å². The quantitative estimate of drug-likeness (QED) is 0.674. The van der Waals surface area contributed by atoms with E-state index in [-0.39, 0.29) is 6.10 Å². The fraction of sp³-hybridized carbons (Fsp3) is 1.00. The number of hydrogen-bond donors (Lipinski definition) is 1. The third-order valence-electron chi connectivity index (χ3n) is 1.50. The molecule has 80 valence electrons. The second-order valence-electron chi connectivity index (χ2n) is 3.44. The van der Waals surface area contributed by atoms with Gasteiger partial charge in [0.15, 0.2) is 0 Å². The highest BCUT2D eigenvalue weighted by Gasteiger charge is 2.27. The van der Waals surface area contributed by atoms with Crippen LogP contribution in [0.2, 0.25) is 0 Å². The van der Waals surface area contributed by atoms with Crippen LogP contribution in [-0.2, 0) is 4.74 Å². The summed E-state index contributed by atoms with van der Waals surface area (Å²) in [5.74, 6) is -2.90. The molecule has 1 unspecified atom stereocenters. The molecule has 13 heavy (non-hydrogen) atoms. The molecule has 0 aromatic heterocycles. The first kappa shape index (κ1) is 12.7. The number of nitrogens with two attached hydrogens (primary N) is 1. The van der Waals surface area contributed by atoms with Crippen molar-refractivity contribution in [3.8, 4) is 0 Å². The molecule has 2 N–H and O–H groups in total. The zero-order valence-electron chi connectivity index (χ0n) is 8.39. The lowest BCUT2D eigenvalue weighted by atomic mass is 10.3. The number of rotatable bonds is 6. The third-order valence-corrected chi connectivity index (χ3v) is 1.50. The normalized spacial score (nSPS) is 15.0. The van der Waals surface area contributed by atoms with E-state index in [9.17, 15) is 8.78 Å². The maximum Gasteiger partial charge on any atom is 0.282 e. The van der Waals surface area contributed by atoms with E-state index >= 15 is 0 Å². The van der Waals surface area contributed by atoms with Gasteiger partial charge in [-0.3, -0.25) is 0 Å². The summed E-state index contributed by atoms with van der Waals surface area (Å²) in [5, 5.41) is 0. The van der Waals surface area contributed by atoms with E-state index < -0.39 is 19.1 Å². The van der Waals surface area contributed by atoms with Gasteiger partial charge in [0.1, 0.15) is 6.61 Å². The Morgan fingerprint density at radius 1 is 1.46 bits per heavy atom. The maximum absolute atomic E-state index is 12.6. The summed E-state index contributed by atoms with van der Waals surface area (Å²) in [6.07, 6.45) is -0.201. The largest absolute Gasteiger partial charge is 0.371 e. The van der Waals surface area contributed by atoms with Gasteiger partial charge in [-0.15, -0.1) is 0 Å². The Morgan fingerprint density at radius 2 is 2.00 bits per heavy atom. The lowest BCUT2D eigenvalue weighted by Crippen LogP contribution is -2.36. The van der Waals surface area contributed by atoms with Crippen LogP contribution in [0.3, 0.4) is 0 Å². The molecule has 0 amide bonds.